The summed E-state index contributed by atoms with van der Waals surface area (Å²) in [5.41, 5.74) is 0. The molecule has 1 aromatic rings. The molecule has 1 atom stereocenters. The third kappa shape index (κ3) is 3.04. The molecule has 4 heteroatoms. The van der Waals surface area contributed by atoms with Crippen LogP contribution in [0.1, 0.15) is 13.3 Å². The van der Waals surface area contributed by atoms with Crippen LogP contribution in [0, 0.1) is 0 Å². The van der Waals surface area contributed by atoms with E-state index in [0.717, 1.165) is 10.6 Å². The van der Waals surface area contributed by atoms with E-state index < -0.39 is 0 Å². The van der Waals surface area contributed by atoms with Gasteiger partial charge in [-0.1, -0.05) is 13.0 Å². The summed E-state index contributed by atoms with van der Waals surface area (Å²) in [5.74, 6) is -0.138. The Labute approximate surface area is 86.3 Å². The highest BCUT2D eigenvalue weighted by Gasteiger charge is 2.18. The SMILES string of the molecule is CCC(Sc1cccs1)C(=O)OC. The molecule has 0 radical (unpaired) electrons. The molecule has 0 amide bonds. The number of hydrogen-bond acceptors (Lipinski definition) is 4. The number of hydrogen-bond donors (Lipinski definition) is 0. The third-order valence-electron chi connectivity index (χ3n) is 1.59. The normalized spacial score (nSPS) is 12.5. The van der Waals surface area contributed by atoms with Gasteiger partial charge in [0.05, 0.1) is 11.3 Å². The van der Waals surface area contributed by atoms with Gasteiger partial charge in [0.2, 0.25) is 0 Å². The molecule has 13 heavy (non-hydrogen) atoms. The Morgan fingerprint density at radius 3 is 3.00 bits per heavy atom. The summed E-state index contributed by atoms with van der Waals surface area (Å²) in [6.07, 6.45) is 0.801. The van der Waals surface area contributed by atoms with E-state index in [0.29, 0.717) is 0 Å². The van der Waals surface area contributed by atoms with Gasteiger partial charge >= 0.3 is 5.97 Å². The van der Waals surface area contributed by atoms with Gasteiger partial charge in [0.15, 0.2) is 0 Å². The Hall–Kier alpha value is -0.480. The maximum atomic E-state index is 11.2. The highest BCUT2D eigenvalue weighted by Crippen LogP contribution is 2.29. The number of methoxy groups -OCH3 is 1. The van der Waals surface area contributed by atoms with E-state index in [1.54, 1.807) is 23.1 Å². The van der Waals surface area contributed by atoms with E-state index in [-0.39, 0.29) is 11.2 Å². The molecule has 72 valence electrons. The number of esters is 1. The average molecular weight is 216 g/mol. The van der Waals surface area contributed by atoms with Crippen molar-refractivity contribution in [2.24, 2.45) is 0 Å². The Morgan fingerprint density at radius 2 is 2.54 bits per heavy atom. The average Bonchev–Trinajstić information content (AvgIpc) is 2.65. The molecule has 0 aliphatic heterocycles. The summed E-state index contributed by atoms with van der Waals surface area (Å²) in [6, 6.07) is 4.00. The first kappa shape index (κ1) is 10.6. The lowest BCUT2D eigenvalue weighted by Gasteiger charge is -2.09. The van der Waals surface area contributed by atoms with Crippen LogP contribution in [-0.2, 0) is 9.53 Å². The van der Waals surface area contributed by atoms with Crippen molar-refractivity contribution in [2.75, 3.05) is 7.11 Å². The monoisotopic (exact) mass is 216 g/mol. The zero-order valence-electron chi connectivity index (χ0n) is 7.65. The topological polar surface area (TPSA) is 26.3 Å². The van der Waals surface area contributed by atoms with Crippen LogP contribution in [0.2, 0.25) is 0 Å². The predicted octanol–water partition coefficient (Wildman–Crippen LogP) is 2.79. The molecule has 0 spiro atoms. The minimum atomic E-state index is -0.138. The van der Waals surface area contributed by atoms with Gasteiger partial charge in [-0.25, -0.2) is 0 Å². The third-order valence-corrected chi connectivity index (χ3v) is 4.01. The maximum absolute atomic E-state index is 11.2. The molecule has 0 aromatic carbocycles. The van der Waals surface area contributed by atoms with Crippen LogP contribution in [0.4, 0.5) is 0 Å². The molecule has 0 aliphatic rings. The number of carbonyl (C=O) groups excluding carboxylic acids is 1. The fourth-order valence-corrected chi connectivity index (χ4v) is 2.88. The van der Waals surface area contributed by atoms with Crippen molar-refractivity contribution in [2.45, 2.75) is 22.8 Å². The molecule has 1 rings (SSSR count). The highest BCUT2D eigenvalue weighted by atomic mass is 32.2. The number of thioether (sulfide) groups is 1. The Balaban J connectivity index is 2.54. The maximum Gasteiger partial charge on any atom is 0.319 e. The van der Waals surface area contributed by atoms with Gasteiger partial charge in [-0.2, -0.15) is 0 Å². The molecular weight excluding hydrogens is 204 g/mol. The van der Waals surface area contributed by atoms with Crippen LogP contribution in [-0.4, -0.2) is 18.3 Å². The largest absolute Gasteiger partial charge is 0.468 e. The fourth-order valence-electron chi connectivity index (χ4n) is 0.900. The van der Waals surface area contributed by atoms with Gasteiger partial charge in [0.25, 0.3) is 0 Å². The van der Waals surface area contributed by atoms with Gasteiger partial charge in [-0.3, -0.25) is 4.79 Å². The Morgan fingerprint density at radius 1 is 1.77 bits per heavy atom. The van der Waals surface area contributed by atoms with Crippen LogP contribution in [0.15, 0.2) is 21.7 Å². The van der Waals surface area contributed by atoms with E-state index in [1.807, 2.05) is 24.4 Å². The van der Waals surface area contributed by atoms with Gasteiger partial charge in [-0.05, 0) is 17.9 Å². The summed E-state index contributed by atoms with van der Waals surface area (Å²) in [7, 11) is 1.43. The molecule has 2 nitrogen and oxygen atoms in total. The second kappa shape index (κ2) is 5.29. The van der Waals surface area contributed by atoms with Crippen molar-refractivity contribution in [1.29, 1.82) is 0 Å². The van der Waals surface area contributed by atoms with E-state index in [4.69, 9.17) is 4.74 Å². The lowest BCUT2D eigenvalue weighted by Crippen LogP contribution is -2.17. The van der Waals surface area contributed by atoms with E-state index in [9.17, 15) is 4.79 Å². The summed E-state index contributed by atoms with van der Waals surface area (Å²) in [4.78, 5) is 11.2. The molecule has 0 saturated carbocycles. The standard InChI is InChI=1S/C9H12O2S2/c1-3-7(9(10)11-2)13-8-5-4-6-12-8/h4-7H,3H2,1-2H3. The van der Waals surface area contributed by atoms with Gasteiger partial charge in [0, 0.05) is 0 Å². The molecule has 0 saturated heterocycles. The Kier molecular flexibility index (Phi) is 4.32. The zero-order chi connectivity index (χ0) is 9.68. The summed E-state index contributed by atoms with van der Waals surface area (Å²) >= 11 is 3.22. The van der Waals surface area contributed by atoms with E-state index in [1.165, 1.54) is 7.11 Å². The van der Waals surface area contributed by atoms with Gasteiger partial charge < -0.3 is 4.74 Å². The van der Waals surface area contributed by atoms with E-state index in [2.05, 4.69) is 0 Å². The van der Waals surface area contributed by atoms with Crippen molar-refractivity contribution >= 4 is 29.1 Å². The molecule has 1 heterocycles. The van der Waals surface area contributed by atoms with Crippen LogP contribution < -0.4 is 0 Å². The quantitative estimate of drug-likeness (QED) is 0.572. The predicted molar refractivity (Wildman–Crippen MR) is 56.3 cm³/mol. The van der Waals surface area contributed by atoms with Gasteiger partial charge in [-0.15, -0.1) is 23.1 Å². The van der Waals surface area contributed by atoms with Crippen molar-refractivity contribution in [3.8, 4) is 0 Å². The van der Waals surface area contributed by atoms with Crippen LogP contribution in [0.3, 0.4) is 0 Å². The molecule has 1 aromatic heterocycles. The van der Waals surface area contributed by atoms with Gasteiger partial charge in [0.1, 0.15) is 5.25 Å². The summed E-state index contributed by atoms with van der Waals surface area (Å²) < 4.78 is 5.86. The Bertz CT molecular complexity index is 257. The molecule has 0 fully saturated rings. The molecule has 0 aliphatic carbocycles. The number of ether oxygens (including phenoxy) is 1. The van der Waals surface area contributed by atoms with Crippen molar-refractivity contribution in [1.82, 2.24) is 0 Å². The van der Waals surface area contributed by atoms with Crippen molar-refractivity contribution < 1.29 is 9.53 Å². The molecule has 0 bridgehead atoms. The van der Waals surface area contributed by atoms with Crippen LogP contribution in [0.25, 0.3) is 0 Å². The number of carbonyl (C=O) groups is 1. The lowest BCUT2D eigenvalue weighted by atomic mass is 10.3. The van der Waals surface area contributed by atoms with Crippen LogP contribution in [0.5, 0.6) is 0 Å². The first-order valence-corrected chi connectivity index (χ1v) is 5.81. The van der Waals surface area contributed by atoms with Crippen molar-refractivity contribution in [3.63, 3.8) is 0 Å². The smallest absolute Gasteiger partial charge is 0.319 e. The van der Waals surface area contributed by atoms with Crippen molar-refractivity contribution in [3.05, 3.63) is 17.5 Å². The first-order valence-electron chi connectivity index (χ1n) is 4.06. The number of thiophene rings is 1. The lowest BCUT2D eigenvalue weighted by molar-refractivity contribution is -0.140. The summed E-state index contributed by atoms with van der Waals surface area (Å²) in [5, 5.41) is 1.94. The zero-order valence-corrected chi connectivity index (χ0v) is 9.28. The number of rotatable bonds is 4. The minimum Gasteiger partial charge on any atom is -0.468 e. The second-order valence-corrected chi connectivity index (χ2v) is 4.92. The highest BCUT2D eigenvalue weighted by molar-refractivity contribution is 8.02. The minimum absolute atomic E-state index is 0.0661. The second-order valence-electron chi connectivity index (χ2n) is 2.47. The molecule has 1 unspecified atom stereocenters. The summed E-state index contributed by atoms with van der Waals surface area (Å²) in [6.45, 7) is 1.99. The first-order chi connectivity index (χ1) is 6.27. The molecular formula is C9H12O2S2. The van der Waals surface area contributed by atoms with Crippen LogP contribution >= 0.6 is 23.1 Å². The fraction of sp³-hybridized carbons (Fsp3) is 0.444. The van der Waals surface area contributed by atoms with E-state index >= 15 is 0 Å². The molecule has 0 N–H and O–H groups in total.